The van der Waals surface area contributed by atoms with E-state index in [0.29, 0.717) is 6.04 Å². The predicted octanol–water partition coefficient (Wildman–Crippen LogP) is 2.23. The van der Waals surface area contributed by atoms with E-state index >= 15 is 0 Å². The fourth-order valence-electron chi connectivity index (χ4n) is 1.50. The molecular weight excluding hydrogens is 220 g/mol. The fraction of sp³-hybridized carbons (Fsp3) is 0.583. The van der Waals surface area contributed by atoms with Crippen LogP contribution in [0.1, 0.15) is 31.5 Å². The van der Waals surface area contributed by atoms with Crippen LogP contribution in [0.5, 0.6) is 0 Å². The second kappa shape index (κ2) is 7.65. The molecule has 90 valence electrons. The Morgan fingerprint density at radius 2 is 2.31 bits per heavy atom. The van der Waals surface area contributed by atoms with Gasteiger partial charge in [0.25, 0.3) is 0 Å². The third-order valence-electron chi connectivity index (χ3n) is 2.44. The Labute approximate surface area is 102 Å². The molecule has 2 N–H and O–H groups in total. The Bertz CT molecular complexity index is 286. The molecule has 1 rings (SSSR count). The first-order chi connectivity index (χ1) is 7.81. The smallest absolute Gasteiger partial charge is 0.0573 e. The van der Waals surface area contributed by atoms with Crippen LogP contribution in [-0.2, 0) is 0 Å². The number of pyridine rings is 1. The van der Waals surface area contributed by atoms with Crippen LogP contribution < -0.4 is 5.32 Å². The van der Waals surface area contributed by atoms with Crippen LogP contribution in [-0.4, -0.2) is 29.5 Å². The van der Waals surface area contributed by atoms with E-state index in [0.717, 1.165) is 24.3 Å². The summed E-state index contributed by atoms with van der Waals surface area (Å²) in [7, 11) is 1.96. The Balaban J connectivity index is 2.53. The van der Waals surface area contributed by atoms with Gasteiger partial charge < -0.3 is 10.4 Å². The van der Waals surface area contributed by atoms with Gasteiger partial charge in [0.1, 0.15) is 0 Å². The zero-order valence-corrected chi connectivity index (χ0v) is 10.8. The van der Waals surface area contributed by atoms with Crippen molar-refractivity contribution in [2.75, 3.05) is 19.4 Å². The van der Waals surface area contributed by atoms with Crippen molar-refractivity contribution in [2.45, 2.75) is 30.7 Å². The van der Waals surface area contributed by atoms with Crippen LogP contribution >= 0.6 is 11.8 Å². The van der Waals surface area contributed by atoms with Crippen LogP contribution in [0.15, 0.2) is 23.2 Å². The van der Waals surface area contributed by atoms with E-state index in [4.69, 9.17) is 5.11 Å². The topological polar surface area (TPSA) is 45.1 Å². The number of aliphatic hydroxyl groups is 1. The first-order valence-electron chi connectivity index (χ1n) is 5.68. The van der Waals surface area contributed by atoms with Gasteiger partial charge in [0.2, 0.25) is 0 Å². The Kier molecular flexibility index (Phi) is 6.45. The minimum absolute atomic E-state index is 0.260. The highest BCUT2D eigenvalue weighted by molar-refractivity contribution is 7.99. The van der Waals surface area contributed by atoms with Crippen LogP contribution in [0.4, 0.5) is 0 Å². The molecule has 4 heteroatoms. The van der Waals surface area contributed by atoms with Gasteiger partial charge in [0.15, 0.2) is 0 Å². The highest BCUT2D eigenvalue weighted by atomic mass is 32.2. The maximum atomic E-state index is 8.69. The summed E-state index contributed by atoms with van der Waals surface area (Å²) in [6.07, 6.45) is 3.79. The molecule has 1 heterocycles. The van der Waals surface area contributed by atoms with Gasteiger partial charge in [-0.05, 0) is 32.0 Å². The van der Waals surface area contributed by atoms with Gasteiger partial charge in [0.05, 0.1) is 5.69 Å². The van der Waals surface area contributed by atoms with E-state index in [2.05, 4.69) is 29.4 Å². The van der Waals surface area contributed by atoms with Gasteiger partial charge in [-0.3, -0.25) is 4.98 Å². The molecule has 0 fully saturated rings. The molecule has 0 aliphatic rings. The highest BCUT2D eigenvalue weighted by Gasteiger charge is 2.07. The van der Waals surface area contributed by atoms with Gasteiger partial charge in [-0.1, -0.05) is 6.92 Å². The highest BCUT2D eigenvalue weighted by Crippen LogP contribution is 2.20. The minimum atomic E-state index is 0.260. The molecule has 1 unspecified atom stereocenters. The lowest BCUT2D eigenvalue weighted by Gasteiger charge is -2.13. The molecule has 0 radical (unpaired) electrons. The number of hydrogen-bond donors (Lipinski definition) is 2. The third-order valence-corrected chi connectivity index (χ3v) is 3.51. The van der Waals surface area contributed by atoms with Crippen molar-refractivity contribution in [1.82, 2.24) is 10.3 Å². The van der Waals surface area contributed by atoms with Gasteiger partial charge in [-0.15, -0.1) is 11.8 Å². The molecular formula is C12H20N2OS. The van der Waals surface area contributed by atoms with E-state index in [-0.39, 0.29) is 6.61 Å². The zero-order chi connectivity index (χ0) is 11.8. The van der Waals surface area contributed by atoms with E-state index in [9.17, 15) is 0 Å². The van der Waals surface area contributed by atoms with E-state index in [1.54, 1.807) is 11.8 Å². The number of thioether (sulfide) groups is 1. The van der Waals surface area contributed by atoms with Gasteiger partial charge in [-0.2, -0.15) is 0 Å². The molecule has 3 nitrogen and oxygen atoms in total. The Hall–Kier alpha value is -0.580. The summed E-state index contributed by atoms with van der Waals surface area (Å²) in [5.74, 6) is 0.945. The average Bonchev–Trinajstić information content (AvgIpc) is 2.33. The Morgan fingerprint density at radius 1 is 1.50 bits per heavy atom. The van der Waals surface area contributed by atoms with Crippen molar-refractivity contribution in [3.05, 3.63) is 24.0 Å². The molecule has 0 aromatic carbocycles. The first kappa shape index (κ1) is 13.5. The van der Waals surface area contributed by atoms with Gasteiger partial charge in [-0.25, -0.2) is 0 Å². The maximum absolute atomic E-state index is 8.69. The zero-order valence-electron chi connectivity index (χ0n) is 9.94. The third kappa shape index (κ3) is 4.12. The summed E-state index contributed by atoms with van der Waals surface area (Å²) in [5.41, 5.74) is 1.09. The van der Waals surface area contributed by atoms with E-state index in [1.807, 2.05) is 13.2 Å². The molecule has 16 heavy (non-hydrogen) atoms. The van der Waals surface area contributed by atoms with Crippen LogP contribution in [0, 0.1) is 0 Å². The second-order valence-corrected chi connectivity index (χ2v) is 4.76. The molecule has 0 spiro atoms. The number of rotatable bonds is 7. The molecule has 0 aliphatic heterocycles. The standard InChI is InChI=1S/C12H20N2OS/c1-3-11(13-2)12-6-5-10(9-14-12)16-8-4-7-15/h5-6,9,11,13,15H,3-4,7-8H2,1-2H3. The van der Waals surface area contributed by atoms with Crippen LogP contribution in [0.25, 0.3) is 0 Å². The minimum Gasteiger partial charge on any atom is -0.396 e. The average molecular weight is 240 g/mol. The van der Waals surface area contributed by atoms with Crippen molar-refractivity contribution >= 4 is 11.8 Å². The molecule has 0 saturated heterocycles. The summed E-state index contributed by atoms with van der Waals surface area (Å²) >= 11 is 1.74. The monoisotopic (exact) mass is 240 g/mol. The van der Waals surface area contributed by atoms with Crippen molar-refractivity contribution in [3.63, 3.8) is 0 Å². The van der Waals surface area contributed by atoms with Crippen LogP contribution in [0.3, 0.4) is 0 Å². The molecule has 1 aromatic rings. The number of nitrogens with zero attached hydrogens (tertiary/aromatic N) is 1. The number of nitrogens with one attached hydrogen (secondary N) is 1. The first-order valence-corrected chi connectivity index (χ1v) is 6.67. The van der Waals surface area contributed by atoms with E-state index in [1.165, 1.54) is 4.90 Å². The lowest BCUT2D eigenvalue weighted by Crippen LogP contribution is -2.16. The molecule has 1 atom stereocenters. The van der Waals surface area contributed by atoms with Crippen molar-refractivity contribution < 1.29 is 5.11 Å². The lowest BCUT2D eigenvalue weighted by molar-refractivity contribution is 0.296. The summed E-state index contributed by atoms with van der Waals surface area (Å²) in [6.45, 7) is 2.41. The summed E-state index contributed by atoms with van der Waals surface area (Å²) in [4.78, 5) is 5.62. The normalized spacial score (nSPS) is 12.7. The van der Waals surface area contributed by atoms with Crippen LogP contribution in [0.2, 0.25) is 0 Å². The SMILES string of the molecule is CCC(NC)c1ccc(SCCCO)cn1. The quantitative estimate of drug-likeness (QED) is 0.566. The number of aromatic nitrogens is 1. The number of hydrogen-bond acceptors (Lipinski definition) is 4. The fourth-order valence-corrected chi connectivity index (χ4v) is 2.30. The Morgan fingerprint density at radius 3 is 2.81 bits per heavy atom. The van der Waals surface area contributed by atoms with Gasteiger partial charge >= 0.3 is 0 Å². The molecule has 1 aromatic heterocycles. The summed E-state index contributed by atoms with van der Waals surface area (Å²) in [5, 5.41) is 11.9. The number of aliphatic hydroxyl groups excluding tert-OH is 1. The molecule has 0 aliphatic carbocycles. The molecule has 0 amide bonds. The summed E-state index contributed by atoms with van der Waals surface area (Å²) < 4.78 is 0. The molecule has 0 bridgehead atoms. The predicted molar refractivity (Wildman–Crippen MR) is 68.8 cm³/mol. The summed E-state index contributed by atoms with van der Waals surface area (Å²) in [6, 6.07) is 4.52. The largest absolute Gasteiger partial charge is 0.396 e. The second-order valence-electron chi connectivity index (χ2n) is 3.59. The molecule has 0 saturated carbocycles. The van der Waals surface area contributed by atoms with Crippen molar-refractivity contribution in [1.29, 1.82) is 0 Å². The maximum Gasteiger partial charge on any atom is 0.0573 e. The van der Waals surface area contributed by atoms with Crippen molar-refractivity contribution in [3.8, 4) is 0 Å². The van der Waals surface area contributed by atoms with Crippen molar-refractivity contribution in [2.24, 2.45) is 0 Å². The van der Waals surface area contributed by atoms with Gasteiger partial charge in [0, 0.05) is 29.5 Å². The lowest BCUT2D eigenvalue weighted by atomic mass is 10.1. The van der Waals surface area contributed by atoms with E-state index < -0.39 is 0 Å².